The zero-order chi connectivity index (χ0) is 9.84. The molecule has 0 amide bonds. The van der Waals surface area contributed by atoms with Gasteiger partial charge in [0.05, 0.1) is 11.1 Å². The topological polar surface area (TPSA) is 29.5 Å². The van der Waals surface area contributed by atoms with E-state index in [4.69, 9.17) is 17.7 Å². The molecule has 1 rings (SSSR count). The summed E-state index contributed by atoms with van der Waals surface area (Å²) in [6, 6.07) is 3.75. The van der Waals surface area contributed by atoms with Gasteiger partial charge in [-0.2, -0.15) is 0 Å². The van der Waals surface area contributed by atoms with Crippen molar-refractivity contribution < 1.29 is 9.84 Å². The van der Waals surface area contributed by atoms with Crippen LogP contribution in [0.5, 0.6) is 5.75 Å². The van der Waals surface area contributed by atoms with Crippen molar-refractivity contribution in [3.8, 4) is 5.75 Å². The van der Waals surface area contributed by atoms with Crippen molar-refractivity contribution in [3.05, 3.63) is 22.2 Å². The van der Waals surface area contributed by atoms with Gasteiger partial charge in [0.25, 0.3) is 0 Å². The lowest BCUT2D eigenvalue weighted by Crippen LogP contribution is -2.13. The van der Waals surface area contributed by atoms with Gasteiger partial charge < -0.3 is 9.84 Å². The van der Waals surface area contributed by atoms with Crippen molar-refractivity contribution in [2.24, 2.45) is 0 Å². The van der Waals surface area contributed by atoms with E-state index in [1.165, 1.54) is 0 Å². The number of rotatable bonds is 3. The minimum absolute atomic E-state index is 0.0141. The Morgan fingerprint density at radius 1 is 1.54 bits per heavy atom. The molecular formula is C9H10BBrO2. The van der Waals surface area contributed by atoms with Gasteiger partial charge in [0.1, 0.15) is 20.2 Å². The van der Waals surface area contributed by atoms with Crippen LogP contribution >= 0.6 is 15.9 Å². The van der Waals surface area contributed by atoms with Crippen molar-refractivity contribution in [1.82, 2.24) is 0 Å². The first kappa shape index (κ1) is 10.6. The number of hydrogen-bond acceptors (Lipinski definition) is 2. The molecule has 0 aliphatic carbocycles. The van der Waals surface area contributed by atoms with Crippen LogP contribution in [0.15, 0.2) is 16.6 Å². The number of halogens is 1. The molecule has 0 aliphatic heterocycles. The van der Waals surface area contributed by atoms with E-state index in [0.717, 1.165) is 10.0 Å². The van der Waals surface area contributed by atoms with Gasteiger partial charge >= 0.3 is 0 Å². The second-order valence-corrected chi connectivity index (χ2v) is 3.59. The molecule has 4 heteroatoms. The SMILES string of the molecule is [B]c1cc(C)cc(Br)c1OCCO. The highest BCUT2D eigenvalue weighted by Crippen LogP contribution is 2.23. The summed E-state index contributed by atoms with van der Waals surface area (Å²) in [5.41, 5.74) is 1.65. The van der Waals surface area contributed by atoms with Gasteiger partial charge in [-0.05, 0) is 28.9 Å². The van der Waals surface area contributed by atoms with Gasteiger partial charge in [0, 0.05) is 0 Å². The lowest BCUT2D eigenvalue weighted by atomic mass is 9.93. The highest BCUT2D eigenvalue weighted by Gasteiger charge is 2.04. The Morgan fingerprint density at radius 2 is 2.23 bits per heavy atom. The maximum absolute atomic E-state index is 8.58. The number of aryl methyl sites for hydroxylation is 1. The molecule has 0 saturated heterocycles. The van der Waals surface area contributed by atoms with Crippen LogP contribution in [0.25, 0.3) is 0 Å². The highest BCUT2D eigenvalue weighted by atomic mass is 79.9. The van der Waals surface area contributed by atoms with Crippen molar-refractivity contribution >= 4 is 29.2 Å². The van der Waals surface area contributed by atoms with Crippen LogP contribution in [0.3, 0.4) is 0 Å². The van der Waals surface area contributed by atoms with Crippen LogP contribution in [0, 0.1) is 6.92 Å². The van der Waals surface area contributed by atoms with Gasteiger partial charge in [-0.1, -0.05) is 17.1 Å². The number of hydrogen-bond donors (Lipinski definition) is 1. The fraction of sp³-hybridized carbons (Fsp3) is 0.333. The molecule has 2 nitrogen and oxygen atoms in total. The molecule has 0 atom stereocenters. The number of aliphatic hydroxyl groups excluding tert-OH is 1. The van der Waals surface area contributed by atoms with Crippen LogP contribution in [0.1, 0.15) is 5.56 Å². The zero-order valence-electron chi connectivity index (χ0n) is 7.38. The summed E-state index contributed by atoms with van der Waals surface area (Å²) in [6.45, 7) is 2.20. The second-order valence-electron chi connectivity index (χ2n) is 2.74. The van der Waals surface area contributed by atoms with Gasteiger partial charge in [0.15, 0.2) is 0 Å². The molecule has 0 aliphatic rings. The van der Waals surface area contributed by atoms with E-state index in [-0.39, 0.29) is 13.2 Å². The minimum atomic E-state index is -0.0141. The van der Waals surface area contributed by atoms with Crippen LogP contribution in [-0.4, -0.2) is 26.2 Å². The summed E-state index contributed by atoms with van der Waals surface area (Å²) in [5.74, 6) is 0.597. The summed E-state index contributed by atoms with van der Waals surface area (Å²) in [6.07, 6.45) is 0. The predicted octanol–water partition coefficient (Wildman–Crippen LogP) is 0.922. The summed E-state index contributed by atoms with van der Waals surface area (Å²) >= 11 is 3.34. The third kappa shape index (κ3) is 2.74. The lowest BCUT2D eigenvalue weighted by molar-refractivity contribution is 0.201. The summed E-state index contributed by atoms with van der Waals surface area (Å²) in [7, 11) is 5.73. The molecule has 0 fully saturated rings. The molecule has 13 heavy (non-hydrogen) atoms. The maximum atomic E-state index is 8.58. The van der Waals surface area contributed by atoms with E-state index in [1.54, 1.807) is 0 Å². The Bertz CT molecular complexity index is 279. The van der Waals surface area contributed by atoms with Gasteiger partial charge in [0.2, 0.25) is 0 Å². The van der Waals surface area contributed by atoms with E-state index in [9.17, 15) is 0 Å². The monoisotopic (exact) mass is 240 g/mol. The third-order valence-corrected chi connectivity index (χ3v) is 2.14. The Balaban J connectivity index is 2.92. The molecule has 1 N–H and O–H groups in total. The Kier molecular flexibility index (Phi) is 3.81. The molecule has 0 saturated carbocycles. The smallest absolute Gasteiger partial charge is 0.126 e. The third-order valence-electron chi connectivity index (χ3n) is 1.55. The molecule has 1 aromatic rings. The molecule has 0 heterocycles. The lowest BCUT2D eigenvalue weighted by Gasteiger charge is -2.11. The van der Waals surface area contributed by atoms with Crippen molar-refractivity contribution in [2.45, 2.75) is 6.92 Å². The molecule has 68 valence electrons. The maximum Gasteiger partial charge on any atom is 0.126 e. The fourth-order valence-electron chi connectivity index (χ4n) is 1.06. The van der Waals surface area contributed by atoms with E-state index < -0.39 is 0 Å². The Morgan fingerprint density at radius 3 is 2.77 bits per heavy atom. The van der Waals surface area contributed by atoms with E-state index in [1.807, 2.05) is 19.1 Å². The van der Waals surface area contributed by atoms with Gasteiger partial charge in [-0.15, -0.1) is 0 Å². The van der Waals surface area contributed by atoms with Crippen LogP contribution in [0.4, 0.5) is 0 Å². The molecule has 0 aromatic heterocycles. The Hall–Kier alpha value is -0.475. The molecule has 2 radical (unpaired) electrons. The first-order valence-electron chi connectivity index (χ1n) is 3.94. The van der Waals surface area contributed by atoms with Crippen molar-refractivity contribution in [2.75, 3.05) is 13.2 Å². The zero-order valence-corrected chi connectivity index (χ0v) is 8.97. The molecule has 0 spiro atoms. The first-order valence-corrected chi connectivity index (χ1v) is 4.73. The van der Waals surface area contributed by atoms with Crippen molar-refractivity contribution in [1.29, 1.82) is 0 Å². The molecular weight excluding hydrogens is 231 g/mol. The van der Waals surface area contributed by atoms with Crippen LogP contribution in [0.2, 0.25) is 0 Å². The van der Waals surface area contributed by atoms with Crippen LogP contribution in [-0.2, 0) is 0 Å². The van der Waals surface area contributed by atoms with Gasteiger partial charge in [-0.3, -0.25) is 0 Å². The quantitative estimate of drug-likeness (QED) is 0.797. The first-order chi connectivity index (χ1) is 6.15. The summed E-state index contributed by atoms with van der Waals surface area (Å²) in [4.78, 5) is 0. The minimum Gasteiger partial charge on any atom is -0.491 e. The van der Waals surface area contributed by atoms with Gasteiger partial charge in [-0.25, -0.2) is 0 Å². The second kappa shape index (κ2) is 4.68. The van der Waals surface area contributed by atoms with E-state index >= 15 is 0 Å². The number of aliphatic hydroxyl groups is 1. The fourth-order valence-corrected chi connectivity index (χ4v) is 1.76. The summed E-state index contributed by atoms with van der Waals surface area (Å²) < 4.78 is 6.07. The average Bonchev–Trinajstić information content (AvgIpc) is 2.02. The average molecular weight is 241 g/mol. The van der Waals surface area contributed by atoms with E-state index in [0.29, 0.717) is 11.2 Å². The molecule has 1 aromatic carbocycles. The van der Waals surface area contributed by atoms with Crippen molar-refractivity contribution in [3.63, 3.8) is 0 Å². The number of benzene rings is 1. The predicted molar refractivity (Wildman–Crippen MR) is 56.8 cm³/mol. The number of ether oxygens (including phenoxy) is 1. The van der Waals surface area contributed by atoms with Crippen LogP contribution < -0.4 is 10.2 Å². The Labute approximate surface area is 87.5 Å². The molecule has 0 bridgehead atoms. The highest BCUT2D eigenvalue weighted by molar-refractivity contribution is 9.10. The normalized spacial score (nSPS) is 10.1. The largest absolute Gasteiger partial charge is 0.491 e. The standard InChI is InChI=1S/C9H10BBrO2/c1-6-4-7(10)9(8(11)5-6)13-3-2-12/h4-5,12H,2-3H2,1H3. The van der Waals surface area contributed by atoms with E-state index in [2.05, 4.69) is 15.9 Å². The summed E-state index contributed by atoms with van der Waals surface area (Å²) in [5, 5.41) is 8.58. The molecule has 0 unspecified atom stereocenters.